The Bertz CT molecular complexity index is 318. The first-order valence-corrected chi connectivity index (χ1v) is 6.83. The Labute approximate surface area is 98.9 Å². The number of hydrogen-bond donors (Lipinski definition) is 0. The van der Waals surface area contributed by atoms with E-state index in [0.717, 1.165) is 26.1 Å². The third-order valence-corrected chi connectivity index (χ3v) is 4.48. The van der Waals surface area contributed by atoms with Crippen LogP contribution < -0.4 is 0 Å². The van der Waals surface area contributed by atoms with Crippen molar-refractivity contribution in [1.29, 1.82) is 0 Å². The third-order valence-electron chi connectivity index (χ3n) is 2.56. The van der Waals surface area contributed by atoms with Crippen LogP contribution in [0.2, 0.25) is 0 Å². The Balaban J connectivity index is 2.01. The summed E-state index contributed by atoms with van der Waals surface area (Å²) in [6, 6.07) is 10.6. The van der Waals surface area contributed by atoms with E-state index in [0.29, 0.717) is 0 Å². The maximum atomic E-state index is 5.84. The molecule has 1 aliphatic rings. The van der Waals surface area contributed by atoms with Gasteiger partial charge in [-0.1, -0.05) is 30.3 Å². The van der Waals surface area contributed by atoms with Gasteiger partial charge in [-0.15, -0.1) is 0 Å². The monoisotopic (exact) mass is 238 g/mol. The molecule has 4 heteroatoms. The highest BCUT2D eigenvalue weighted by molar-refractivity contribution is 7.47. The molecule has 1 aromatic rings. The van der Waals surface area contributed by atoms with Gasteiger partial charge in [0.2, 0.25) is 0 Å². The lowest BCUT2D eigenvalue weighted by molar-refractivity contribution is 0.216. The van der Waals surface area contributed by atoms with Crippen LogP contribution in [0, 0.1) is 0 Å². The van der Waals surface area contributed by atoms with Crippen LogP contribution >= 0.6 is 8.45 Å². The fourth-order valence-corrected chi connectivity index (χ4v) is 3.65. The Kier molecular flexibility index (Phi) is 4.30. The van der Waals surface area contributed by atoms with E-state index in [1.54, 1.807) is 0 Å². The van der Waals surface area contributed by atoms with Crippen LogP contribution in [0.25, 0.3) is 0 Å². The minimum absolute atomic E-state index is 0.551. The molecular weight excluding hydrogens is 219 g/mol. The summed E-state index contributed by atoms with van der Waals surface area (Å²) in [6.07, 6.45) is 1.14. The molecule has 0 amide bonds. The summed E-state index contributed by atoms with van der Waals surface area (Å²) in [5.74, 6) is 0. The van der Waals surface area contributed by atoms with Crippen molar-refractivity contribution in [1.82, 2.24) is 9.34 Å². The van der Waals surface area contributed by atoms with E-state index in [1.165, 1.54) is 5.56 Å². The first-order chi connectivity index (χ1) is 7.77. The molecule has 0 saturated carbocycles. The third kappa shape index (κ3) is 3.02. The zero-order valence-corrected chi connectivity index (χ0v) is 10.9. The summed E-state index contributed by atoms with van der Waals surface area (Å²) < 4.78 is 10.5. The molecule has 1 fully saturated rings. The van der Waals surface area contributed by atoms with E-state index in [9.17, 15) is 0 Å². The van der Waals surface area contributed by atoms with Crippen molar-refractivity contribution in [3.05, 3.63) is 35.9 Å². The van der Waals surface area contributed by atoms with Gasteiger partial charge in [0.1, 0.15) is 0 Å². The SMILES string of the molecule is CN(C)P1OCCCN1Cc1ccccc1. The van der Waals surface area contributed by atoms with E-state index < -0.39 is 8.45 Å². The predicted octanol–water partition coefficient (Wildman–Crippen LogP) is 2.70. The fourth-order valence-electron chi connectivity index (χ4n) is 1.86. The number of benzene rings is 1. The van der Waals surface area contributed by atoms with Crippen molar-refractivity contribution in [2.45, 2.75) is 13.0 Å². The highest BCUT2D eigenvalue weighted by atomic mass is 31.2. The molecule has 0 N–H and O–H groups in total. The lowest BCUT2D eigenvalue weighted by atomic mass is 10.2. The molecule has 1 heterocycles. The van der Waals surface area contributed by atoms with E-state index in [1.807, 2.05) is 0 Å². The van der Waals surface area contributed by atoms with Crippen molar-refractivity contribution in [3.63, 3.8) is 0 Å². The summed E-state index contributed by atoms with van der Waals surface area (Å²) in [5.41, 5.74) is 1.36. The van der Waals surface area contributed by atoms with Gasteiger partial charge in [0.05, 0.1) is 6.61 Å². The molecule has 0 aromatic heterocycles. The number of hydrogen-bond acceptors (Lipinski definition) is 3. The van der Waals surface area contributed by atoms with E-state index >= 15 is 0 Å². The smallest absolute Gasteiger partial charge is 0.187 e. The quantitative estimate of drug-likeness (QED) is 0.753. The van der Waals surface area contributed by atoms with E-state index in [4.69, 9.17) is 4.52 Å². The van der Waals surface area contributed by atoms with Crippen LogP contribution in [0.5, 0.6) is 0 Å². The van der Waals surface area contributed by atoms with Gasteiger partial charge in [-0.2, -0.15) is 0 Å². The molecule has 2 rings (SSSR count). The van der Waals surface area contributed by atoms with Gasteiger partial charge in [-0.3, -0.25) is 4.67 Å². The molecule has 0 spiro atoms. The second-order valence-electron chi connectivity index (χ2n) is 4.16. The Morgan fingerprint density at radius 2 is 2.06 bits per heavy atom. The summed E-state index contributed by atoms with van der Waals surface area (Å²) in [5, 5.41) is 0. The average molecular weight is 238 g/mol. The normalized spacial score (nSPS) is 22.6. The Morgan fingerprint density at radius 1 is 1.31 bits per heavy atom. The summed E-state index contributed by atoms with van der Waals surface area (Å²) >= 11 is 0. The van der Waals surface area contributed by atoms with Gasteiger partial charge in [-0.25, -0.2) is 4.67 Å². The zero-order chi connectivity index (χ0) is 11.4. The molecule has 0 radical (unpaired) electrons. The van der Waals surface area contributed by atoms with Crippen LogP contribution in [0.3, 0.4) is 0 Å². The molecule has 1 saturated heterocycles. The first kappa shape index (κ1) is 12.0. The second kappa shape index (κ2) is 5.74. The molecule has 1 atom stereocenters. The van der Waals surface area contributed by atoms with Gasteiger partial charge in [0, 0.05) is 13.1 Å². The molecule has 1 unspecified atom stereocenters. The highest BCUT2D eigenvalue weighted by Crippen LogP contribution is 2.46. The maximum Gasteiger partial charge on any atom is 0.187 e. The van der Waals surface area contributed by atoms with E-state index in [2.05, 4.69) is 53.8 Å². The molecule has 0 aliphatic carbocycles. The first-order valence-electron chi connectivity index (χ1n) is 5.66. The van der Waals surface area contributed by atoms with E-state index in [-0.39, 0.29) is 0 Å². The van der Waals surface area contributed by atoms with Gasteiger partial charge in [0.25, 0.3) is 0 Å². The maximum absolute atomic E-state index is 5.84. The standard InChI is InChI=1S/C12H19N2OP/c1-13(2)16-14(9-6-10-15-16)11-12-7-4-3-5-8-12/h3-5,7-8H,6,9-11H2,1-2H3. The number of rotatable bonds is 3. The largest absolute Gasteiger partial charge is 0.331 e. The van der Waals surface area contributed by atoms with Gasteiger partial charge >= 0.3 is 0 Å². The van der Waals surface area contributed by atoms with Gasteiger partial charge in [0.15, 0.2) is 8.45 Å². The Hall–Kier alpha value is -0.470. The summed E-state index contributed by atoms with van der Waals surface area (Å²) in [7, 11) is 3.63. The van der Waals surface area contributed by atoms with Crippen molar-refractivity contribution >= 4 is 8.45 Å². The zero-order valence-electron chi connectivity index (χ0n) is 9.97. The van der Waals surface area contributed by atoms with Gasteiger partial charge in [-0.05, 0) is 26.1 Å². The Morgan fingerprint density at radius 3 is 2.75 bits per heavy atom. The van der Waals surface area contributed by atoms with Gasteiger partial charge < -0.3 is 4.52 Å². The summed E-state index contributed by atoms with van der Waals surface area (Å²) in [4.78, 5) is 0. The molecule has 1 aromatic carbocycles. The van der Waals surface area contributed by atoms with Crippen molar-refractivity contribution in [2.75, 3.05) is 27.2 Å². The number of nitrogens with zero attached hydrogens (tertiary/aromatic N) is 2. The van der Waals surface area contributed by atoms with Crippen LogP contribution in [-0.4, -0.2) is 36.6 Å². The molecule has 0 bridgehead atoms. The highest BCUT2D eigenvalue weighted by Gasteiger charge is 2.25. The fraction of sp³-hybridized carbons (Fsp3) is 0.500. The minimum Gasteiger partial charge on any atom is -0.331 e. The predicted molar refractivity (Wildman–Crippen MR) is 68.0 cm³/mol. The summed E-state index contributed by atoms with van der Waals surface area (Å²) in [6.45, 7) is 3.03. The molecule has 16 heavy (non-hydrogen) atoms. The van der Waals surface area contributed by atoms with Crippen molar-refractivity contribution in [3.8, 4) is 0 Å². The topological polar surface area (TPSA) is 15.7 Å². The van der Waals surface area contributed by atoms with Crippen molar-refractivity contribution < 1.29 is 4.52 Å². The van der Waals surface area contributed by atoms with Crippen LogP contribution in [0.4, 0.5) is 0 Å². The molecule has 1 aliphatic heterocycles. The minimum atomic E-state index is -0.551. The lowest BCUT2D eigenvalue weighted by Gasteiger charge is -2.37. The molecular formula is C12H19N2OP. The van der Waals surface area contributed by atoms with Crippen LogP contribution in [-0.2, 0) is 11.1 Å². The van der Waals surface area contributed by atoms with Crippen molar-refractivity contribution in [2.24, 2.45) is 0 Å². The molecule has 88 valence electrons. The average Bonchev–Trinajstić information content (AvgIpc) is 2.31. The lowest BCUT2D eigenvalue weighted by Crippen LogP contribution is -2.30. The molecule has 3 nitrogen and oxygen atoms in total. The van der Waals surface area contributed by atoms with Crippen LogP contribution in [0.1, 0.15) is 12.0 Å². The second-order valence-corrected chi connectivity index (χ2v) is 6.29. The van der Waals surface area contributed by atoms with Crippen LogP contribution in [0.15, 0.2) is 30.3 Å².